The zero-order valence-electron chi connectivity index (χ0n) is 13.3. The van der Waals surface area contributed by atoms with Crippen LogP contribution in [0.2, 0.25) is 0 Å². The molecule has 1 amide bonds. The number of aromatic nitrogens is 1. The molecule has 4 rings (SSSR count). The van der Waals surface area contributed by atoms with E-state index in [-0.39, 0.29) is 11.7 Å². The molecule has 2 heterocycles. The maximum atomic E-state index is 13.0. The third-order valence-corrected chi connectivity index (χ3v) is 4.13. The number of hydrogen-bond acceptors (Lipinski definition) is 2. The summed E-state index contributed by atoms with van der Waals surface area (Å²) < 4.78 is 13.0. The first kappa shape index (κ1) is 15.2. The molecule has 3 N–H and O–H groups in total. The van der Waals surface area contributed by atoms with Gasteiger partial charge in [0.1, 0.15) is 5.82 Å². The standard InChI is InChI=1S/C20H16FN3O/c21-14-5-3-13(4-6-14)12-23-16-7-8-19-17(10-16)18(20(25)24-19)11-15-2-1-9-22-15/h1-11,22-23H,12H2,(H,24,25). The molecule has 0 bridgehead atoms. The lowest BCUT2D eigenvalue weighted by Crippen LogP contribution is -2.03. The van der Waals surface area contributed by atoms with E-state index in [4.69, 9.17) is 0 Å². The molecule has 3 aromatic rings. The molecule has 124 valence electrons. The van der Waals surface area contributed by atoms with Crippen LogP contribution in [0.3, 0.4) is 0 Å². The number of rotatable bonds is 4. The first-order valence-corrected chi connectivity index (χ1v) is 7.98. The van der Waals surface area contributed by atoms with Crippen molar-refractivity contribution in [3.05, 3.63) is 83.4 Å². The van der Waals surface area contributed by atoms with E-state index in [1.165, 1.54) is 12.1 Å². The van der Waals surface area contributed by atoms with Gasteiger partial charge in [0, 0.05) is 35.4 Å². The highest BCUT2D eigenvalue weighted by atomic mass is 19.1. The molecule has 0 fully saturated rings. The van der Waals surface area contributed by atoms with E-state index < -0.39 is 0 Å². The second-order valence-corrected chi connectivity index (χ2v) is 5.88. The Morgan fingerprint density at radius 3 is 2.68 bits per heavy atom. The van der Waals surface area contributed by atoms with Gasteiger partial charge in [-0.05, 0) is 54.1 Å². The van der Waals surface area contributed by atoms with Crippen molar-refractivity contribution in [2.24, 2.45) is 0 Å². The molecule has 0 saturated heterocycles. The van der Waals surface area contributed by atoms with Crippen molar-refractivity contribution in [2.75, 3.05) is 10.6 Å². The van der Waals surface area contributed by atoms with Crippen LogP contribution in [-0.2, 0) is 11.3 Å². The Labute approximate surface area is 144 Å². The van der Waals surface area contributed by atoms with Crippen molar-refractivity contribution in [1.82, 2.24) is 4.98 Å². The lowest BCUT2D eigenvalue weighted by molar-refractivity contribution is -0.110. The van der Waals surface area contributed by atoms with Crippen LogP contribution in [0.25, 0.3) is 11.6 Å². The second kappa shape index (κ2) is 6.28. The number of amides is 1. The molecule has 0 unspecified atom stereocenters. The van der Waals surface area contributed by atoms with Crippen molar-refractivity contribution >= 4 is 28.9 Å². The zero-order valence-corrected chi connectivity index (χ0v) is 13.3. The largest absolute Gasteiger partial charge is 0.381 e. The van der Waals surface area contributed by atoms with Crippen LogP contribution in [0.1, 0.15) is 16.8 Å². The number of fused-ring (bicyclic) bond motifs is 1. The number of nitrogens with one attached hydrogen (secondary N) is 3. The predicted molar refractivity (Wildman–Crippen MR) is 97.5 cm³/mol. The average molecular weight is 333 g/mol. The van der Waals surface area contributed by atoms with Crippen molar-refractivity contribution in [2.45, 2.75) is 6.54 Å². The quantitative estimate of drug-likeness (QED) is 0.625. The number of halogens is 1. The fourth-order valence-electron chi connectivity index (χ4n) is 2.84. The van der Waals surface area contributed by atoms with Gasteiger partial charge in [-0.3, -0.25) is 4.79 Å². The van der Waals surface area contributed by atoms with Crippen molar-refractivity contribution in [3.63, 3.8) is 0 Å². The third kappa shape index (κ3) is 3.17. The van der Waals surface area contributed by atoms with Gasteiger partial charge in [-0.2, -0.15) is 0 Å². The van der Waals surface area contributed by atoms with E-state index in [0.717, 1.165) is 28.2 Å². The van der Waals surface area contributed by atoms with E-state index in [0.29, 0.717) is 12.1 Å². The SMILES string of the molecule is O=C1Nc2ccc(NCc3ccc(F)cc3)cc2C1=Cc1ccc[nH]1. The minimum Gasteiger partial charge on any atom is -0.381 e. The molecular formula is C20H16FN3O. The number of benzene rings is 2. The van der Waals surface area contributed by atoms with Gasteiger partial charge in [0.2, 0.25) is 0 Å². The number of carbonyl (C=O) groups is 1. The van der Waals surface area contributed by atoms with Crippen molar-refractivity contribution in [1.29, 1.82) is 0 Å². The maximum Gasteiger partial charge on any atom is 0.256 e. The highest BCUT2D eigenvalue weighted by Gasteiger charge is 2.24. The van der Waals surface area contributed by atoms with Gasteiger partial charge in [-0.1, -0.05) is 12.1 Å². The molecule has 0 radical (unpaired) electrons. The Morgan fingerprint density at radius 2 is 1.92 bits per heavy atom. The van der Waals surface area contributed by atoms with E-state index in [2.05, 4.69) is 15.6 Å². The van der Waals surface area contributed by atoms with Crippen LogP contribution < -0.4 is 10.6 Å². The minimum absolute atomic E-state index is 0.111. The minimum atomic E-state index is -0.245. The van der Waals surface area contributed by atoms with Crippen LogP contribution in [0.5, 0.6) is 0 Å². The zero-order chi connectivity index (χ0) is 17.2. The lowest BCUT2D eigenvalue weighted by atomic mass is 10.1. The topological polar surface area (TPSA) is 56.9 Å². The maximum absolute atomic E-state index is 13.0. The Hall–Kier alpha value is -3.34. The summed E-state index contributed by atoms with van der Waals surface area (Å²) in [5.74, 6) is -0.356. The fourth-order valence-corrected chi connectivity index (χ4v) is 2.84. The van der Waals surface area contributed by atoms with E-state index in [1.54, 1.807) is 12.1 Å². The van der Waals surface area contributed by atoms with Crippen LogP contribution in [-0.4, -0.2) is 10.9 Å². The van der Waals surface area contributed by atoms with Gasteiger partial charge >= 0.3 is 0 Å². The van der Waals surface area contributed by atoms with E-state index in [1.807, 2.05) is 42.6 Å². The Bertz CT molecular complexity index is 944. The molecule has 1 aliphatic heterocycles. The molecule has 4 nitrogen and oxygen atoms in total. The number of hydrogen-bond donors (Lipinski definition) is 3. The molecule has 0 spiro atoms. The first-order valence-electron chi connectivity index (χ1n) is 7.98. The second-order valence-electron chi connectivity index (χ2n) is 5.88. The highest BCUT2D eigenvalue weighted by Crippen LogP contribution is 2.35. The van der Waals surface area contributed by atoms with E-state index in [9.17, 15) is 9.18 Å². The summed E-state index contributed by atoms with van der Waals surface area (Å²) in [7, 11) is 0. The van der Waals surface area contributed by atoms with E-state index >= 15 is 0 Å². The Morgan fingerprint density at radius 1 is 1.08 bits per heavy atom. The summed E-state index contributed by atoms with van der Waals surface area (Å²) >= 11 is 0. The Balaban J connectivity index is 1.58. The first-order chi connectivity index (χ1) is 12.2. The van der Waals surface area contributed by atoms with Crippen LogP contribution in [0.15, 0.2) is 60.8 Å². The Kier molecular flexibility index (Phi) is 3.82. The summed E-state index contributed by atoms with van der Waals surface area (Å²) in [4.78, 5) is 15.3. The molecule has 5 heteroatoms. The van der Waals surface area contributed by atoms with Crippen molar-refractivity contribution in [3.8, 4) is 0 Å². The molecule has 1 aliphatic rings. The third-order valence-electron chi connectivity index (χ3n) is 4.13. The van der Waals surface area contributed by atoms with Crippen molar-refractivity contribution < 1.29 is 9.18 Å². The van der Waals surface area contributed by atoms with Crippen LogP contribution in [0, 0.1) is 5.82 Å². The number of anilines is 2. The van der Waals surface area contributed by atoms with Gasteiger partial charge in [0.15, 0.2) is 0 Å². The van der Waals surface area contributed by atoms with Gasteiger partial charge in [0.05, 0.1) is 5.57 Å². The van der Waals surface area contributed by atoms with Gasteiger partial charge in [0.25, 0.3) is 5.91 Å². The summed E-state index contributed by atoms with van der Waals surface area (Å²) in [5.41, 5.74) is 5.06. The summed E-state index contributed by atoms with van der Waals surface area (Å²) in [5, 5.41) is 6.18. The number of carbonyl (C=O) groups excluding carboxylic acids is 1. The summed E-state index contributed by atoms with van der Waals surface area (Å²) in [6, 6.07) is 15.9. The molecule has 0 atom stereocenters. The monoisotopic (exact) mass is 333 g/mol. The number of H-pyrrole nitrogens is 1. The van der Waals surface area contributed by atoms with Crippen LogP contribution >= 0.6 is 0 Å². The summed E-state index contributed by atoms with van der Waals surface area (Å²) in [6.45, 7) is 0.579. The lowest BCUT2D eigenvalue weighted by Gasteiger charge is -2.08. The normalized spacial score (nSPS) is 14.4. The van der Waals surface area contributed by atoms with Gasteiger partial charge < -0.3 is 15.6 Å². The highest BCUT2D eigenvalue weighted by molar-refractivity contribution is 6.35. The number of aromatic amines is 1. The molecule has 0 aliphatic carbocycles. The van der Waals surface area contributed by atoms with Gasteiger partial charge in [-0.15, -0.1) is 0 Å². The molecule has 25 heavy (non-hydrogen) atoms. The molecular weight excluding hydrogens is 317 g/mol. The predicted octanol–water partition coefficient (Wildman–Crippen LogP) is 4.26. The molecule has 1 aromatic heterocycles. The van der Waals surface area contributed by atoms with Gasteiger partial charge in [-0.25, -0.2) is 4.39 Å². The van der Waals surface area contributed by atoms with Crippen LogP contribution in [0.4, 0.5) is 15.8 Å². The smallest absolute Gasteiger partial charge is 0.256 e. The average Bonchev–Trinajstić information content (AvgIpc) is 3.23. The summed E-state index contributed by atoms with van der Waals surface area (Å²) in [6.07, 6.45) is 3.66. The fraction of sp³-hybridized carbons (Fsp3) is 0.0500. The molecule has 0 saturated carbocycles. The molecule has 2 aromatic carbocycles.